The van der Waals surface area contributed by atoms with Crippen molar-refractivity contribution in [3.8, 4) is 0 Å². The summed E-state index contributed by atoms with van der Waals surface area (Å²) >= 11 is 3.12. The number of benzene rings is 1. The summed E-state index contributed by atoms with van der Waals surface area (Å²) in [6.07, 6.45) is 0. The molecule has 0 aliphatic rings. The van der Waals surface area contributed by atoms with Crippen molar-refractivity contribution in [2.24, 2.45) is 5.73 Å². The molecule has 0 radical (unpaired) electrons. The van der Waals surface area contributed by atoms with Crippen molar-refractivity contribution in [1.82, 2.24) is 9.97 Å². The summed E-state index contributed by atoms with van der Waals surface area (Å²) in [5, 5.41) is 0. The van der Waals surface area contributed by atoms with Crippen molar-refractivity contribution in [2.45, 2.75) is 19.4 Å². The molecule has 0 saturated carbocycles. The van der Waals surface area contributed by atoms with Crippen LogP contribution in [0, 0.1) is 5.82 Å². The molecule has 5 heteroatoms. The molecular weight excluding hydrogens is 261 g/mol. The van der Waals surface area contributed by atoms with Gasteiger partial charge in [0.1, 0.15) is 11.6 Å². The highest BCUT2D eigenvalue weighted by atomic mass is 79.9. The fourth-order valence-corrected chi connectivity index (χ4v) is 1.64. The number of nitrogens with one attached hydrogen (secondary N) is 1. The van der Waals surface area contributed by atoms with Crippen LogP contribution in [0.15, 0.2) is 16.6 Å². The fourth-order valence-electron chi connectivity index (χ4n) is 1.31. The molecule has 0 bridgehead atoms. The van der Waals surface area contributed by atoms with Gasteiger partial charge in [-0.25, -0.2) is 9.37 Å². The standard InChI is InChI=1S/C10H11BrFN3/c1-10(2,13)9-14-7-3-5(11)6(12)4-8(7)15-9/h3-4H,13H2,1-2H3,(H,14,15). The number of halogens is 2. The quantitative estimate of drug-likeness (QED) is 0.838. The van der Waals surface area contributed by atoms with Gasteiger partial charge in [0.2, 0.25) is 0 Å². The minimum Gasteiger partial charge on any atom is -0.340 e. The van der Waals surface area contributed by atoms with E-state index in [1.165, 1.54) is 6.07 Å². The Balaban J connectivity index is 2.66. The van der Waals surface area contributed by atoms with Gasteiger partial charge < -0.3 is 10.7 Å². The van der Waals surface area contributed by atoms with Crippen molar-refractivity contribution in [3.63, 3.8) is 0 Å². The molecule has 3 N–H and O–H groups in total. The van der Waals surface area contributed by atoms with Crippen molar-refractivity contribution in [2.75, 3.05) is 0 Å². The molecule has 15 heavy (non-hydrogen) atoms. The van der Waals surface area contributed by atoms with Gasteiger partial charge in [-0.15, -0.1) is 0 Å². The van der Waals surface area contributed by atoms with Crippen LogP contribution in [0.1, 0.15) is 19.7 Å². The normalized spacial score (nSPS) is 12.3. The van der Waals surface area contributed by atoms with E-state index >= 15 is 0 Å². The molecule has 0 fully saturated rings. The lowest BCUT2D eigenvalue weighted by molar-refractivity contribution is 0.522. The molecule has 1 heterocycles. The minimum atomic E-state index is -0.554. The third kappa shape index (κ3) is 1.89. The predicted octanol–water partition coefficient (Wildman–Crippen LogP) is 2.66. The zero-order valence-electron chi connectivity index (χ0n) is 8.44. The Kier molecular flexibility index (Phi) is 2.31. The van der Waals surface area contributed by atoms with Crippen LogP contribution in [0.4, 0.5) is 4.39 Å². The summed E-state index contributed by atoms with van der Waals surface area (Å²) in [7, 11) is 0. The van der Waals surface area contributed by atoms with Crippen LogP contribution in [0.5, 0.6) is 0 Å². The van der Waals surface area contributed by atoms with Gasteiger partial charge in [0.25, 0.3) is 0 Å². The summed E-state index contributed by atoms with van der Waals surface area (Å²) in [4.78, 5) is 7.32. The van der Waals surface area contributed by atoms with Crippen LogP contribution in [0.25, 0.3) is 11.0 Å². The number of nitrogens with two attached hydrogens (primary N) is 1. The van der Waals surface area contributed by atoms with Gasteiger partial charge in [-0.3, -0.25) is 0 Å². The predicted molar refractivity (Wildman–Crippen MR) is 61.0 cm³/mol. The molecule has 0 atom stereocenters. The number of nitrogens with zero attached hydrogens (tertiary/aromatic N) is 1. The maximum atomic E-state index is 13.2. The molecule has 0 aliphatic carbocycles. The Morgan fingerprint density at radius 2 is 2.13 bits per heavy atom. The van der Waals surface area contributed by atoms with Gasteiger partial charge in [0.15, 0.2) is 0 Å². The van der Waals surface area contributed by atoms with Gasteiger partial charge in [-0.2, -0.15) is 0 Å². The Labute approximate surface area is 95.0 Å². The number of H-pyrrole nitrogens is 1. The zero-order valence-corrected chi connectivity index (χ0v) is 10.0. The van der Waals surface area contributed by atoms with Gasteiger partial charge in [-0.05, 0) is 35.8 Å². The average Bonchev–Trinajstić information content (AvgIpc) is 2.47. The van der Waals surface area contributed by atoms with Gasteiger partial charge >= 0.3 is 0 Å². The number of hydrogen-bond acceptors (Lipinski definition) is 2. The van der Waals surface area contributed by atoms with Gasteiger partial charge in [0.05, 0.1) is 21.0 Å². The van der Waals surface area contributed by atoms with E-state index in [1.54, 1.807) is 6.07 Å². The van der Waals surface area contributed by atoms with Crippen LogP contribution in [-0.2, 0) is 5.54 Å². The van der Waals surface area contributed by atoms with E-state index in [4.69, 9.17) is 5.73 Å². The second-order valence-electron chi connectivity index (χ2n) is 4.09. The van der Waals surface area contributed by atoms with E-state index in [0.29, 0.717) is 21.3 Å². The van der Waals surface area contributed by atoms with Crippen LogP contribution in [0.2, 0.25) is 0 Å². The lowest BCUT2D eigenvalue weighted by Gasteiger charge is -2.13. The summed E-state index contributed by atoms with van der Waals surface area (Å²) in [5.41, 5.74) is 6.71. The lowest BCUT2D eigenvalue weighted by Crippen LogP contribution is -2.30. The Hall–Kier alpha value is -0.940. The second-order valence-corrected chi connectivity index (χ2v) is 4.94. The summed E-state index contributed by atoms with van der Waals surface area (Å²) in [6, 6.07) is 3.04. The van der Waals surface area contributed by atoms with E-state index in [0.717, 1.165) is 0 Å². The van der Waals surface area contributed by atoms with Crippen LogP contribution >= 0.6 is 15.9 Å². The first kappa shape index (κ1) is 10.6. The highest BCUT2D eigenvalue weighted by Gasteiger charge is 2.19. The number of aromatic amines is 1. The van der Waals surface area contributed by atoms with Crippen molar-refractivity contribution < 1.29 is 4.39 Å². The van der Waals surface area contributed by atoms with Crippen LogP contribution in [0.3, 0.4) is 0 Å². The summed E-state index contributed by atoms with van der Waals surface area (Å²) < 4.78 is 13.6. The Bertz CT molecular complexity index is 474. The molecule has 0 unspecified atom stereocenters. The van der Waals surface area contributed by atoms with Crippen LogP contribution < -0.4 is 5.73 Å². The van der Waals surface area contributed by atoms with Gasteiger partial charge in [0, 0.05) is 6.07 Å². The second kappa shape index (κ2) is 3.28. The highest BCUT2D eigenvalue weighted by Crippen LogP contribution is 2.24. The van der Waals surface area contributed by atoms with Crippen molar-refractivity contribution in [1.29, 1.82) is 0 Å². The SMILES string of the molecule is CC(C)(N)c1nc2cc(Br)c(F)cc2[nH]1. The molecular formula is C10H11BrFN3. The average molecular weight is 272 g/mol. The minimum absolute atomic E-state index is 0.312. The first-order valence-corrected chi connectivity index (χ1v) is 5.31. The largest absolute Gasteiger partial charge is 0.340 e. The highest BCUT2D eigenvalue weighted by molar-refractivity contribution is 9.10. The van der Waals surface area contributed by atoms with E-state index in [2.05, 4.69) is 25.9 Å². The number of rotatable bonds is 1. The molecule has 0 aliphatic heterocycles. The van der Waals surface area contributed by atoms with Gasteiger partial charge in [-0.1, -0.05) is 0 Å². The lowest BCUT2D eigenvalue weighted by atomic mass is 10.1. The molecule has 2 rings (SSSR count). The number of aromatic nitrogens is 2. The van der Waals surface area contributed by atoms with E-state index in [1.807, 2.05) is 13.8 Å². The monoisotopic (exact) mass is 271 g/mol. The Morgan fingerprint density at radius 3 is 2.73 bits per heavy atom. The fraction of sp³-hybridized carbons (Fsp3) is 0.300. The molecule has 0 saturated heterocycles. The van der Waals surface area contributed by atoms with Crippen molar-refractivity contribution in [3.05, 3.63) is 28.2 Å². The third-order valence-electron chi connectivity index (χ3n) is 2.13. The number of hydrogen-bond donors (Lipinski definition) is 2. The third-order valence-corrected chi connectivity index (χ3v) is 2.74. The summed E-state index contributed by atoms with van der Waals surface area (Å²) in [5.74, 6) is 0.336. The summed E-state index contributed by atoms with van der Waals surface area (Å²) in [6.45, 7) is 3.69. The molecule has 80 valence electrons. The number of imidazole rings is 1. The molecule has 1 aromatic heterocycles. The number of fused-ring (bicyclic) bond motifs is 1. The first-order valence-electron chi connectivity index (χ1n) is 4.52. The molecule has 0 spiro atoms. The van der Waals surface area contributed by atoms with Crippen molar-refractivity contribution >= 4 is 27.0 Å². The molecule has 1 aromatic carbocycles. The Morgan fingerprint density at radius 1 is 1.47 bits per heavy atom. The van der Waals surface area contributed by atoms with E-state index in [-0.39, 0.29) is 5.82 Å². The molecule has 3 nitrogen and oxygen atoms in total. The maximum Gasteiger partial charge on any atom is 0.139 e. The smallest absolute Gasteiger partial charge is 0.139 e. The van der Waals surface area contributed by atoms with E-state index in [9.17, 15) is 4.39 Å². The maximum absolute atomic E-state index is 13.2. The van der Waals surface area contributed by atoms with Crippen LogP contribution in [-0.4, -0.2) is 9.97 Å². The topological polar surface area (TPSA) is 54.7 Å². The zero-order chi connectivity index (χ0) is 11.2. The first-order chi connectivity index (χ1) is 6.88. The molecule has 0 amide bonds. The van der Waals surface area contributed by atoms with E-state index < -0.39 is 5.54 Å². The molecule has 2 aromatic rings.